The van der Waals surface area contributed by atoms with Crippen molar-refractivity contribution in [1.82, 2.24) is 4.98 Å². The second kappa shape index (κ2) is 5.12. The second-order valence-electron chi connectivity index (χ2n) is 5.41. The van der Waals surface area contributed by atoms with Crippen molar-refractivity contribution in [2.75, 3.05) is 0 Å². The highest BCUT2D eigenvalue weighted by atomic mass is 79.9. The van der Waals surface area contributed by atoms with Gasteiger partial charge in [-0.15, -0.1) is 0 Å². The highest BCUT2D eigenvalue weighted by Crippen LogP contribution is 2.33. The molecule has 102 valence electrons. The lowest BCUT2D eigenvalue weighted by molar-refractivity contribution is 1.00. The summed E-state index contributed by atoms with van der Waals surface area (Å²) in [4.78, 5) is 4.62. The minimum atomic E-state index is 0.883. The summed E-state index contributed by atoms with van der Waals surface area (Å²) < 4.78 is 0.883. The van der Waals surface area contributed by atoms with Crippen molar-refractivity contribution >= 4 is 15.9 Å². The Morgan fingerprint density at radius 2 is 1.43 bits per heavy atom. The number of benzene rings is 2. The number of fused-ring (bicyclic) bond motifs is 2. The van der Waals surface area contributed by atoms with E-state index >= 15 is 0 Å². The molecule has 21 heavy (non-hydrogen) atoms. The Hall–Kier alpha value is -1.93. The van der Waals surface area contributed by atoms with Crippen molar-refractivity contribution in [3.63, 3.8) is 0 Å². The van der Waals surface area contributed by atoms with Crippen LogP contribution in [0.15, 0.2) is 65.3 Å². The molecular formula is C19H14BrN. The molecule has 0 unspecified atom stereocenters. The van der Waals surface area contributed by atoms with Crippen molar-refractivity contribution < 1.29 is 0 Å². The molecule has 0 spiro atoms. The third kappa shape index (κ3) is 2.30. The normalized spacial score (nSPS) is 12.6. The van der Waals surface area contributed by atoms with Gasteiger partial charge >= 0.3 is 0 Å². The van der Waals surface area contributed by atoms with Crippen LogP contribution in [0.5, 0.6) is 0 Å². The monoisotopic (exact) mass is 335 g/mol. The fraction of sp³-hybridized carbons (Fsp3) is 0.105. The minimum absolute atomic E-state index is 0.883. The molecule has 1 heterocycles. The van der Waals surface area contributed by atoms with Gasteiger partial charge in [-0.1, -0.05) is 48.5 Å². The molecule has 0 saturated heterocycles. The molecule has 2 heteroatoms. The first-order chi connectivity index (χ1) is 10.3. The molecule has 1 aliphatic rings. The molecule has 4 rings (SSSR count). The van der Waals surface area contributed by atoms with Crippen LogP contribution in [0.1, 0.15) is 22.3 Å². The molecule has 3 aromatic rings. The van der Waals surface area contributed by atoms with Crippen molar-refractivity contribution in [3.05, 3.63) is 87.5 Å². The van der Waals surface area contributed by atoms with Gasteiger partial charge in [0.25, 0.3) is 0 Å². The lowest BCUT2D eigenvalue weighted by Gasteiger charge is -2.22. The molecule has 0 N–H and O–H groups in total. The number of hydrogen-bond donors (Lipinski definition) is 0. The topological polar surface area (TPSA) is 12.9 Å². The van der Waals surface area contributed by atoms with E-state index < -0.39 is 0 Å². The Balaban J connectivity index is 1.86. The van der Waals surface area contributed by atoms with Crippen molar-refractivity contribution in [1.29, 1.82) is 0 Å². The first-order valence-electron chi connectivity index (χ1n) is 7.12. The summed E-state index contributed by atoms with van der Waals surface area (Å²) in [5.74, 6) is 0. The number of hydrogen-bond acceptors (Lipinski definition) is 1. The Labute approximate surface area is 132 Å². The standard InChI is InChI=1S/C19H14BrN/c20-19-10-4-9-18(21-19)16-8-3-7-15-11-13-5-1-2-6-14(13)12-17(15)16/h1-10H,11-12H2. The van der Waals surface area contributed by atoms with Crippen LogP contribution >= 0.6 is 15.9 Å². The summed E-state index contributed by atoms with van der Waals surface area (Å²) >= 11 is 3.47. The number of halogens is 1. The largest absolute Gasteiger partial charge is 0.241 e. The predicted octanol–water partition coefficient (Wildman–Crippen LogP) is 5.01. The van der Waals surface area contributed by atoms with Gasteiger partial charge in [-0.3, -0.25) is 0 Å². The molecule has 0 aliphatic heterocycles. The summed E-state index contributed by atoms with van der Waals surface area (Å²) in [5.41, 5.74) is 8.02. The lowest BCUT2D eigenvalue weighted by Crippen LogP contribution is -2.08. The predicted molar refractivity (Wildman–Crippen MR) is 89.4 cm³/mol. The molecule has 0 saturated carbocycles. The van der Waals surface area contributed by atoms with E-state index in [0.717, 1.165) is 23.1 Å². The Morgan fingerprint density at radius 3 is 2.24 bits per heavy atom. The van der Waals surface area contributed by atoms with Gasteiger partial charge in [-0.25, -0.2) is 4.98 Å². The fourth-order valence-electron chi connectivity index (χ4n) is 3.11. The summed E-state index contributed by atoms with van der Waals surface area (Å²) in [6.45, 7) is 0. The summed E-state index contributed by atoms with van der Waals surface area (Å²) in [6.07, 6.45) is 2.02. The smallest absolute Gasteiger partial charge is 0.106 e. The zero-order valence-corrected chi connectivity index (χ0v) is 13.1. The van der Waals surface area contributed by atoms with Crippen molar-refractivity contribution in [3.8, 4) is 11.3 Å². The molecule has 0 fully saturated rings. The van der Waals surface area contributed by atoms with E-state index in [1.807, 2.05) is 12.1 Å². The van der Waals surface area contributed by atoms with Crippen LogP contribution in [0.25, 0.3) is 11.3 Å². The third-order valence-electron chi connectivity index (χ3n) is 4.13. The lowest BCUT2D eigenvalue weighted by atomic mass is 9.83. The van der Waals surface area contributed by atoms with Crippen molar-refractivity contribution in [2.24, 2.45) is 0 Å². The van der Waals surface area contributed by atoms with E-state index in [1.165, 1.54) is 27.8 Å². The second-order valence-corrected chi connectivity index (χ2v) is 6.22. The molecule has 1 aromatic heterocycles. The first kappa shape index (κ1) is 12.8. The average Bonchev–Trinajstić information content (AvgIpc) is 2.52. The summed E-state index contributed by atoms with van der Waals surface area (Å²) in [6, 6.07) is 21.4. The van der Waals surface area contributed by atoms with E-state index in [-0.39, 0.29) is 0 Å². The average molecular weight is 336 g/mol. The highest BCUT2D eigenvalue weighted by Gasteiger charge is 2.18. The van der Waals surface area contributed by atoms with E-state index in [0.29, 0.717) is 0 Å². The quantitative estimate of drug-likeness (QED) is 0.446. The highest BCUT2D eigenvalue weighted by molar-refractivity contribution is 9.10. The van der Waals surface area contributed by atoms with Crippen molar-refractivity contribution in [2.45, 2.75) is 12.8 Å². The van der Waals surface area contributed by atoms with E-state index in [2.05, 4.69) is 69.4 Å². The van der Waals surface area contributed by atoms with E-state index in [9.17, 15) is 0 Å². The van der Waals surface area contributed by atoms with Crippen LogP contribution < -0.4 is 0 Å². The van der Waals surface area contributed by atoms with Gasteiger partial charge in [0.05, 0.1) is 5.69 Å². The first-order valence-corrected chi connectivity index (χ1v) is 7.91. The van der Waals surface area contributed by atoms with Gasteiger partial charge in [0.15, 0.2) is 0 Å². The van der Waals surface area contributed by atoms with Crippen LogP contribution in [0.4, 0.5) is 0 Å². The van der Waals surface area contributed by atoms with Crippen LogP contribution in [-0.4, -0.2) is 4.98 Å². The van der Waals surface area contributed by atoms with Gasteiger partial charge in [0.2, 0.25) is 0 Å². The maximum Gasteiger partial charge on any atom is 0.106 e. The van der Waals surface area contributed by atoms with E-state index in [4.69, 9.17) is 0 Å². The molecule has 0 bridgehead atoms. The number of rotatable bonds is 1. The Kier molecular flexibility index (Phi) is 3.12. The molecule has 0 radical (unpaired) electrons. The van der Waals surface area contributed by atoms with Gasteiger partial charge in [0.1, 0.15) is 4.60 Å². The zero-order chi connectivity index (χ0) is 14.2. The number of aromatic nitrogens is 1. The minimum Gasteiger partial charge on any atom is -0.241 e. The van der Waals surface area contributed by atoms with Gasteiger partial charge < -0.3 is 0 Å². The van der Waals surface area contributed by atoms with E-state index in [1.54, 1.807) is 0 Å². The molecule has 2 aromatic carbocycles. The maximum atomic E-state index is 4.62. The molecule has 0 amide bonds. The zero-order valence-electron chi connectivity index (χ0n) is 11.5. The van der Waals surface area contributed by atoms with Crippen LogP contribution in [0.2, 0.25) is 0 Å². The maximum absolute atomic E-state index is 4.62. The number of nitrogens with zero attached hydrogens (tertiary/aromatic N) is 1. The third-order valence-corrected chi connectivity index (χ3v) is 4.57. The van der Waals surface area contributed by atoms with Crippen LogP contribution in [0, 0.1) is 0 Å². The summed E-state index contributed by atoms with van der Waals surface area (Å²) in [5, 5.41) is 0. The SMILES string of the molecule is Brc1cccc(-c2cccc3c2Cc2ccccc2C3)n1. The van der Waals surface area contributed by atoms with Crippen LogP contribution in [-0.2, 0) is 12.8 Å². The van der Waals surface area contributed by atoms with Gasteiger partial charge in [0, 0.05) is 5.56 Å². The van der Waals surface area contributed by atoms with Gasteiger partial charge in [-0.2, -0.15) is 0 Å². The molecule has 1 aliphatic carbocycles. The summed E-state index contributed by atoms with van der Waals surface area (Å²) in [7, 11) is 0. The molecule has 0 atom stereocenters. The Bertz CT molecular complexity index is 823. The van der Waals surface area contributed by atoms with Crippen LogP contribution in [0.3, 0.4) is 0 Å². The Morgan fingerprint density at radius 1 is 0.714 bits per heavy atom. The molecule has 1 nitrogen and oxygen atoms in total. The fourth-order valence-corrected chi connectivity index (χ4v) is 3.45. The molecular weight excluding hydrogens is 322 g/mol. The van der Waals surface area contributed by atoms with Gasteiger partial charge in [-0.05, 0) is 63.2 Å². The number of pyridine rings is 1.